The summed E-state index contributed by atoms with van der Waals surface area (Å²) in [5.41, 5.74) is 7.67. The van der Waals surface area contributed by atoms with Crippen molar-refractivity contribution in [1.29, 1.82) is 0 Å². The summed E-state index contributed by atoms with van der Waals surface area (Å²) in [6.07, 6.45) is 0.583. The Kier molecular flexibility index (Phi) is 4.14. The summed E-state index contributed by atoms with van der Waals surface area (Å²) < 4.78 is 5.46. The lowest BCUT2D eigenvalue weighted by Crippen LogP contribution is -2.07. The zero-order valence-corrected chi connectivity index (χ0v) is 12.3. The SMILES string of the molecule is CC(C)(C)SCc1noc(Cc2ccccc2N)n1. The number of benzene rings is 1. The van der Waals surface area contributed by atoms with E-state index in [-0.39, 0.29) is 4.75 Å². The number of hydrogen-bond donors (Lipinski definition) is 1. The highest BCUT2D eigenvalue weighted by atomic mass is 32.2. The molecule has 0 bridgehead atoms. The minimum Gasteiger partial charge on any atom is -0.398 e. The van der Waals surface area contributed by atoms with Gasteiger partial charge in [0, 0.05) is 10.4 Å². The highest BCUT2D eigenvalue weighted by molar-refractivity contribution is 7.99. The van der Waals surface area contributed by atoms with E-state index < -0.39 is 0 Å². The van der Waals surface area contributed by atoms with Crippen molar-refractivity contribution in [3.05, 3.63) is 41.5 Å². The Balaban J connectivity index is 2.00. The Hall–Kier alpha value is -1.49. The Morgan fingerprint density at radius 3 is 2.68 bits per heavy atom. The van der Waals surface area contributed by atoms with E-state index in [1.165, 1.54) is 0 Å². The zero-order valence-electron chi connectivity index (χ0n) is 11.5. The van der Waals surface area contributed by atoms with Crippen molar-refractivity contribution in [3.8, 4) is 0 Å². The van der Waals surface area contributed by atoms with Gasteiger partial charge in [-0.2, -0.15) is 4.98 Å². The smallest absolute Gasteiger partial charge is 0.231 e. The number of hydrogen-bond acceptors (Lipinski definition) is 5. The van der Waals surface area contributed by atoms with Gasteiger partial charge in [-0.3, -0.25) is 0 Å². The van der Waals surface area contributed by atoms with Crippen molar-refractivity contribution in [3.63, 3.8) is 0 Å². The van der Waals surface area contributed by atoms with Crippen LogP contribution in [0.25, 0.3) is 0 Å². The van der Waals surface area contributed by atoms with Crippen LogP contribution in [-0.4, -0.2) is 14.9 Å². The maximum Gasteiger partial charge on any atom is 0.231 e. The van der Waals surface area contributed by atoms with Crippen LogP contribution in [0.15, 0.2) is 28.8 Å². The molecule has 0 amide bonds. The molecule has 1 aromatic heterocycles. The predicted octanol–water partition coefficient (Wildman–Crippen LogP) is 3.27. The molecule has 2 rings (SSSR count). The largest absolute Gasteiger partial charge is 0.398 e. The van der Waals surface area contributed by atoms with Gasteiger partial charge < -0.3 is 10.3 Å². The number of para-hydroxylation sites is 1. The van der Waals surface area contributed by atoms with Crippen LogP contribution in [0.1, 0.15) is 38.0 Å². The molecular formula is C14H19N3OS. The lowest BCUT2D eigenvalue weighted by molar-refractivity contribution is 0.381. The first-order chi connectivity index (χ1) is 8.94. The quantitative estimate of drug-likeness (QED) is 0.869. The van der Waals surface area contributed by atoms with E-state index in [0.29, 0.717) is 12.3 Å². The van der Waals surface area contributed by atoms with Crippen LogP contribution in [-0.2, 0) is 12.2 Å². The number of anilines is 1. The second-order valence-electron chi connectivity index (χ2n) is 5.38. The van der Waals surface area contributed by atoms with E-state index >= 15 is 0 Å². The van der Waals surface area contributed by atoms with Gasteiger partial charge in [0.05, 0.1) is 12.2 Å². The van der Waals surface area contributed by atoms with Gasteiger partial charge in [0.1, 0.15) is 0 Å². The van der Waals surface area contributed by atoms with Crippen molar-refractivity contribution < 1.29 is 4.52 Å². The first-order valence-electron chi connectivity index (χ1n) is 6.23. The molecule has 0 atom stereocenters. The van der Waals surface area contributed by atoms with Crippen molar-refractivity contribution in [1.82, 2.24) is 10.1 Å². The molecule has 2 N–H and O–H groups in total. The summed E-state index contributed by atoms with van der Waals surface area (Å²) >= 11 is 1.80. The summed E-state index contributed by atoms with van der Waals surface area (Å²) in [5, 5.41) is 4.00. The molecule has 19 heavy (non-hydrogen) atoms. The molecule has 0 spiro atoms. The van der Waals surface area contributed by atoms with Crippen molar-refractivity contribution in [2.45, 2.75) is 37.7 Å². The molecule has 0 aliphatic carbocycles. The van der Waals surface area contributed by atoms with E-state index in [2.05, 4.69) is 30.9 Å². The molecule has 0 aliphatic heterocycles. The molecule has 5 heteroatoms. The molecule has 0 saturated carbocycles. The number of nitrogen functional groups attached to an aromatic ring is 1. The molecule has 2 aromatic rings. The Labute approximate surface area is 117 Å². The van der Waals surface area contributed by atoms with E-state index in [1.54, 1.807) is 11.8 Å². The molecule has 0 saturated heterocycles. The van der Waals surface area contributed by atoms with Crippen LogP contribution in [0, 0.1) is 0 Å². The average Bonchev–Trinajstić information content (AvgIpc) is 2.77. The summed E-state index contributed by atoms with van der Waals surface area (Å²) in [6.45, 7) is 6.51. The van der Waals surface area contributed by atoms with Gasteiger partial charge in [-0.1, -0.05) is 44.1 Å². The standard InChI is InChI=1S/C14H19N3OS/c1-14(2,3)19-9-12-16-13(18-17-12)8-10-6-4-5-7-11(10)15/h4-7H,8-9,15H2,1-3H3. The Morgan fingerprint density at radius 2 is 2.00 bits per heavy atom. The highest BCUT2D eigenvalue weighted by Gasteiger charge is 2.14. The fraction of sp³-hybridized carbons (Fsp3) is 0.429. The van der Waals surface area contributed by atoms with Crippen LogP contribution < -0.4 is 5.73 Å². The number of nitrogens with two attached hydrogens (primary N) is 1. The molecular weight excluding hydrogens is 258 g/mol. The van der Waals surface area contributed by atoms with E-state index in [1.807, 2.05) is 24.3 Å². The summed E-state index contributed by atoms with van der Waals surface area (Å²) in [5.74, 6) is 2.11. The van der Waals surface area contributed by atoms with E-state index in [4.69, 9.17) is 10.3 Å². The fourth-order valence-corrected chi connectivity index (χ4v) is 2.24. The minimum atomic E-state index is 0.199. The molecule has 0 fully saturated rings. The van der Waals surface area contributed by atoms with Crippen LogP contribution in [0.5, 0.6) is 0 Å². The maximum atomic E-state index is 5.90. The summed E-state index contributed by atoms with van der Waals surface area (Å²) in [7, 11) is 0. The molecule has 102 valence electrons. The summed E-state index contributed by atoms with van der Waals surface area (Å²) in [4.78, 5) is 4.40. The molecule has 0 unspecified atom stereocenters. The molecule has 0 radical (unpaired) electrons. The average molecular weight is 277 g/mol. The Morgan fingerprint density at radius 1 is 1.26 bits per heavy atom. The van der Waals surface area contributed by atoms with E-state index in [0.717, 1.165) is 22.8 Å². The van der Waals surface area contributed by atoms with Gasteiger partial charge >= 0.3 is 0 Å². The molecule has 1 heterocycles. The van der Waals surface area contributed by atoms with Crippen LogP contribution in [0.2, 0.25) is 0 Å². The second kappa shape index (κ2) is 5.65. The van der Waals surface area contributed by atoms with Crippen molar-refractivity contribution in [2.24, 2.45) is 0 Å². The monoisotopic (exact) mass is 277 g/mol. The lowest BCUT2D eigenvalue weighted by atomic mass is 10.1. The lowest BCUT2D eigenvalue weighted by Gasteiger charge is -2.15. The van der Waals surface area contributed by atoms with Gasteiger partial charge in [-0.05, 0) is 11.6 Å². The third kappa shape index (κ3) is 4.28. The minimum absolute atomic E-state index is 0.199. The normalized spacial score (nSPS) is 11.7. The van der Waals surface area contributed by atoms with Gasteiger partial charge in [-0.25, -0.2) is 0 Å². The summed E-state index contributed by atoms with van der Waals surface area (Å²) in [6, 6.07) is 7.72. The first-order valence-corrected chi connectivity index (χ1v) is 7.21. The fourth-order valence-electron chi connectivity index (χ4n) is 1.56. The molecule has 0 aliphatic rings. The van der Waals surface area contributed by atoms with E-state index in [9.17, 15) is 0 Å². The third-order valence-electron chi connectivity index (χ3n) is 2.54. The van der Waals surface area contributed by atoms with Gasteiger partial charge in [-0.15, -0.1) is 11.8 Å². The topological polar surface area (TPSA) is 64.9 Å². The van der Waals surface area contributed by atoms with Crippen LogP contribution >= 0.6 is 11.8 Å². The molecule has 1 aromatic carbocycles. The number of nitrogens with zero attached hydrogens (tertiary/aromatic N) is 2. The van der Waals surface area contributed by atoms with Crippen molar-refractivity contribution in [2.75, 3.05) is 5.73 Å². The highest BCUT2D eigenvalue weighted by Crippen LogP contribution is 2.26. The first kappa shape index (κ1) is 13.9. The van der Waals surface area contributed by atoms with Crippen LogP contribution in [0.4, 0.5) is 5.69 Å². The number of thioether (sulfide) groups is 1. The second-order valence-corrected chi connectivity index (χ2v) is 7.18. The van der Waals surface area contributed by atoms with Crippen molar-refractivity contribution >= 4 is 17.4 Å². The number of rotatable bonds is 4. The number of aromatic nitrogens is 2. The molecule has 4 nitrogen and oxygen atoms in total. The third-order valence-corrected chi connectivity index (χ3v) is 3.81. The van der Waals surface area contributed by atoms with Gasteiger partial charge in [0.2, 0.25) is 5.89 Å². The Bertz CT molecular complexity index is 546. The maximum absolute atomic E-state index is 5.90. The van der Waals surface area contributed by atoms with Gasteiger partial charge in [0.15, 0.2) is 5.82 Å². The van der Waals surface area contributed by atoms with Gasteiger partial charge in [0.25, 0.3) is 0 Å². The predicted molar refractivity (Wildman–Crippen MR) is 79.0 cm³/mol. The zero-order chi connectivity index (χ0) is 13.9. The van der Waals surface area contributed by atoms with Crippen LogP contribution in [0.3, 0.4) is 0 Å².